The summed E-state index contributed by atoms with van der Waals surface area (Å²) in [5, 5.41) is 12.7. The zero-order valence-electron chi connectivity index (χ0n) is 36.0. The molecule has 0 aliphatic rings. The highest BCUT2D eigenvalue weighted by Crippen LogP contribution is 2.47. The van der Waals surface area contributed by atoms with Crippen molar-refractivity contribution in [2.75, 3.05) is 4.90 Å². The molecule has 0 saturated carbocycles. The molecule has 0 atom stereocenters. The van der Waals surface area contributed by atoms with Gasteiger partial charge < -0.3 is 4.90 Å². The normalized spacial score (nSPS) is 11.6. The Bertz CT molecular complexity index is 3960. The van der Waals surface area contributed by atoms with E-state index in [1.165, 1.54) is 108 Å². The fourth-order valence-electron chi connectivity index (χ4n) is 10.4. The molecule has 0 bridgehead atoms. The first-order valence-corrected chi connectivity index (χ1v) is 23.5. The van der Waals surface area contributed by atoms with Gasteiger partial charge >= 0.3 is 0 Å². The number of fused-ring (bicyclic) bond motifs is 9. The second kappa shape index (κ2) is 15.7. The zero-order valence-corrected chi connectivity index (χ0v) is 36.8. The fourth-order valence-corrected chi connectivity index (χ4v) is 11.5. The van der Waals surface area contributed by atoms with Gasteiger partial charge in [-0.1, -0.05) is 194 Å². The van der Waals surface area contributed by atoms with Crippen LogP contribution < -0.4 is 4.90 Å². The first-order valence-electron chi connectivity index (χ1n) is 22.7. The van der Waals surface area contributed by atoms with E-state index in [2.05, 4.69) is 254 Å². The number of hydrogen-bond acceptors (Lipinski definition) is 2. The molecule has 1 heterocycles. The SMILES string of the molecule is c1ccc(-c2c(-c3ccccc3)c3cc(-c4ccc(N(c5ccc(-c6cc7ccccc7c7ccccc67)cc5)c5ccc6c(c5)sc5ccccc56)cc4)ccc3c3ccccc23)cc1. The lowest BCUT2D eigenvalue weighted by Crippen LogP contribution is -2.09. The molecular weight excluding hydrogens is 815 g/mol. The van der Waals surface area contributed by atoms with Crippen molar-refractivity contribution in [3.63, 3.8) is 0 Å². The Kier molecular flexibility index (Phi) is 9.11. The molecule has 0 aliphatic heterocycles. The second-order valence-corrected chi connectivity index (χ2v) is 18.3. The maximum absolute atomic E-state index is 2.41. The number of hydrogen-bond donors (Lipinski definition) is 0. The van der Waals surface area contributed by atoms with Gasteiger partial charge in [-0.25, -0.2) is 0 Å². The Balaban J connectivity index is 0.950. The summed E-state index contributed by atoms with van der Waals surface area (Å²) in [5.41, 5.74) is 13.1. The summed E-state index contributed by atoms with van der Waals surface area (Å²) in [6.45, 7) is 0. The van der Waals surface area contributed by atoms with Crippen molar-refractivity contribution in [3.05, 3.63) is 249 Å². The summed E-state index contributed by atoms with van der Waals surface area (Å²) >= 11 is 1.86. The Morgan fingerprint density at radius 1 is 0.242 bits per heavy atom. The molecule has 0 fully saturated rings. The molecular formula is C64H41NS. The smallest absolute Gasteiger partial charge is 0.0476 e. The summed E-state index contributed by atoms with van der Waals surface area (Å²) < 4.78 is 2.59. The first-order chi connectivity index (χ1) is 32.7. The summed E-state index contributed by atoms with van der Waals surface area (Å²) in [6.07, 6.45) is 0. The van der Waals surface area contributed by atoms with Crippen LogP contribution >= 0.6 is 11.3 Å². The van der Waals surface area contributed by atoms with Crippen molar-refractivity contribution in [3.8, 4) is 44.5 Å². The summed E-state index contributed by atoms with van der Waals surface area (Å²) in [5.74, 6) is 0. The molecule has 0 unspecified atom stereocenters. The minimum atomic E-state index is 1.10. The highest BCUT2D eigenvalue weighted by atomic mass is 32.1. The molecule has 308 valence electrons. The molecule has 2 heteroatoms. The van der Waals surface area contributed by atoms with Crippen LogP contribution in [0, 0.1) is 0 Å². The van der Waals surface area contributed by atoms with Crippen molar-refractivity contribution in [1.82, 2.24) is 0 Å². The van der Waals surface area contributed by atoms with E-state index in [9.17, 15) is 0 Å². The van der Waals surface area contributed by atoms with E-state index in [4.69, 9.17) is 0 Å². The van der Waals surface area contributed by atoms with Gasteiger partial charge in [-0.3, -0.25) is 0 Å². The second-order valence-electron chi connectivity index (χ2n) is 17.2. The van der Waals surface area contributed by atoms with Gasteiger partial charge in [-0.15, -0.1) is 11.3 Å². The Hall–Kier alpha value is -8.30. The fraction of sp³-hybridized carbons (Fsp3) is 0. The lowest BCUT2D eigenvalue weighted by molar-refractivity contribution is 1.29. The predicted molar refractivity (Wildman–Crippen MR) is 286 cm³/mol. The van der Waals surface area contributed by atoms with Gasteiger partial charge in [0.2, 0.25) is 0 Å². The lowest BCUT2D eigenvalue weighted by atomic mass is 9.84. The number of thiophene rings is 1. The van der Waals surface area contributed by atoms with E-state index in [0.29, 0.717) is 0 Å². The number of anilines is 3. The molecule has 0 N–H and O–H groups in total. The van der Waals surface area contributed by atoms with Crippen LogP contribution in [-0.2, 0) is 0 Å². The summed E-state index contributed by atoms with van der Waals surface area (Å²) in [6, 6.07) is 91.5. The number of nitrogens with zero attached hydrogens (tertiary/aromatic N) is 1. The van der Waals surface area contributed by atoms with Gasteiger partial charge in [-0.2, -0.15) is 0 Å². The summed E-state index contributed by atoms with van der Waals surface area (Å²) in [4.78, 5) is 2.40. The van der Waals surface area contributed by atoms with Crippen LogP contribution in [0.15, 0.2) is 249 Å². The van der Waals surface area contributed by atoms with Gasteiger partial charge in [0.1, 0.15) is 0 Å². The van der Waals surface area contributed by atoms with Crippen LogP contribution in [0.1, 0.15) is 0 Å². The van der Waals surface area contributed by atoms with Gasteiger partial charge in [0.05, 0.1) is 0 Å². The standard InChI is InChI=1S/C64H41NS/c1-3-15-44(16-4-1)63-58-25-12-11-22-53(58)55-37-31-46(39-60(55)64(63)45-17-5-2-6-18-45)42-27-32-48(33-28-42)65(50-36-38-57-56-24-13-14-26-61(56)66-62(57)41-50)49-34-29-43(30-35-49)59-40-47-19-7-8-20-51(47)52-21-9-10-23-54(52)59/h1-41H. The zero-order chi connectivity index (χ0) is 43.6. The van der Waals surface area contributed by atoms with Crippen LogP contribution in [0.3, 0.4) is 0 Å². The largest absolute Gasteiger partial charge is 0.310 e. The molecule has 0 spiro atoms. The van der Waals surface area contributed by atoms with E-state index in [0.717, 1.165) is 17.1 Å². The van der Waals surface area contributed by atoms with E-state index in [1.807, 2.05) is 11.3 Å². The summed E-state index contributed by atoms with van der Waals surface area (Å²) in [7, 11) is 0. The first kappa shape index (κ1) is 38.2. The molecule has 0 aliphatic carbocycles. The highest BCUT2D eigenvalue weighted by Gasteiger charge is 2.20. The molecule has 0 amide bonds. The average Bonchev–Trinajstić information content (AvgIpc) is 3.77. The number of benzene rings is 12. The molecule has 12 aromatic carbocycles. The van der Waals surface area contributed by atoms with Crippen molar-refractivity contribution < 1.29 is 0 Å². The van der Waals surface area contributed by atoms with Crippen LogP contribution in [0.4, 0.5) is 17.1 Å². The molecule has 0 saturated heterocycles. The molecule has 13 aromatic rings. The average molecular weight is 856 g/mol. The molecule has 66 heavy (non-hydrogen) atoms. The molecule has 0 radical (unpaired) electrons. The quantitative estimate of drug-likeness (QED) is 0.144. The van der Waals surface area contributed by atoms with Gasteiger partial charge in [-0.05, 0) is 142 Å². The molecule has 13 rings (SSSR count). The Morgan fingerprint density at radius 2 is 0.712 bits per heavy atom. The van der Waals surface area contributed by atoms with Gasteiger partial charge in [0, 0.05) is 37.2 Å². The van der Waals surface area contributed by atoms with Crippen LogP contribution in [-0.4, -0.2) is 0 Å². The van der Waals surface area contributed by atoms with Crippen LogP contribution in [0.25, 0.3) is 108 Å². The highest BCUT2D eigenvalue weighted by molar-refractivity contribution is 7.25. The number of rotatable bonds is 7. The Labute approximate surface area is 387 Å². The lowest BCUT2D eigenvalue weighted by Gasteiger charge is -2.26. The minimum absolute atomic E-state index is 1.10. The van der Waals surface area contributed by atoms with E-state index in [1.54, 1.807) is 0 Å². The molecule has 1 aromatic heterocycles. The Morgan fingerprint density at radius 3 is 1.41 bits per heavy atom. The van der Waals surface area contributed by atoms with E-state index in [-0.39, 0.29) is 0 Å². The van der Waals surface area contributed by atoms with E-state index >= 15 is 0 Å². The van der Waals surface area contributed by atoms with Crippen LogP contribution in [0.2, 0.25) is 0 Å². The van der Waals surface area contributed by atoms with Crippen molar-refractivity contribution >= 4 is 91.7 Å². The van der Waals surface area contributed by atoms with E-state index < -0.39 is 0 Å². The van der Waals surface area contributed by atoms with Crippen molar-refractivity contribution in [2.24, 2.45) is 0 Å². The maximum Gasteiger partial charge on any atom is 0.0476 e. The maximum atomic E-state index is 2.41. The van der Waals surface area contributed by atoms with Gasteiger partial charge in [0.15, 0.2) is 0 Å². The third-order valence-electron chi connectivity index (χ3n) is 13.4. The third kappa shape index (κ3) is 6.37. The topological polar surface area (TPSA) is 3.24 Å². The van der Waals surface area contributed by atoms with Gasteiger partial charge in [0.25, 0.3) is 0 Å². The van der Waals surface area contributed by atoms with Crippen LogP contribution in [0.5, 0.6) is 0 Å². The van der Waals surface area contributed by atoms with Crippen molar-refractivity contribution in [2.45, 2.75) is 0 Å². The third-order valence-corrected chi connectivity index (χ3v) is 14.6. The molecule has 1 nitrogen and oxygen atoms in total. The monoisotopic (exact) mass is 855 g/mol. The minimum Gasteiger partial charge on any atom is -0.310 e. The van der Waals surface area contributed by atoms with Crippen molar-refractivity contribution in [1.29, 1.82) is 0 Å². The predicted octanol–water partition coefficient (Wildman–Crippen LogP) is 18.8.